The second-order valence-corrected chi connectivity index (χ2v) is 2.47. The number of rotatable bonds is 2. The Labute approximate surface area is 57.9 Å². The lowest BCUT2D eigenvalue weighted by molar-refractivity contribution is 0.166. The molecule has 53 valence electrons. The van der Waals surface area contributed by atoms with Crippen molar-refractivity contribution in [2.45, 2.75) is 25.4 Å². The normalized spacial score (nSPS) is 17.7. The number of aromatic nitrogens is 2. The van der Waals surface area contributed by atoms with Crippen molar-refractivity contribution in [1.82, 2.24) is 10.1 Å². The van der Waals surface area contributed by atoms with Gasteiger partial charge in [-0.1, -0.05) is 5.16 Å². The first-order chi connectivity index (χ1) is 4.90. The van der Waals surface area contributed by atoms with E-state index in [-0.39, 0.29) is 12.4 Å². The average molecular weight is 139 g/mol. The third-order valence-electron chi connectivity index (χ3n) is 1.54. The Bertz CT molecular complexity index is 229. The first kappa shape index (κ1) is 5.85. The van der Waals surface area contributed by atoms with Crippen LogP contribution in [0.2, 0.25) is 0 Å². The smallest absolute Gasteiger partial charge is 0.229 e. The molecule has 1 aliphatic carbocycles. The van der Waals surface area contributed by atoms with Gasteiger partial charge in [-0.05, 0) is 12.8 Å². The summed E-state index contributed by atoms with van der Waals surface area (Å²) in [6, 6.07) is 0. The molecule has 0 saturated heterocycles. The minimum atomic E-state index is -0.379. The first-order valence-electron chi connectivity index (χ1n) is 3.30. The van der Waals surface area contributed by atoms with E-state index < -0.39 is 0 Å². The van der Waals surface area contributed by atoms with E-state index in [4.69, 9.17) is 4.52 Å². The van der Waals surface area contributed by atoms with Crippen LogP contribution in [0.25, 0.3) is 0 Å². The van der Waals surface area contributed by atoms with Gasteiger partial charge >= 0.3 is 0 Å². The molecular formula is C6H7N2O2. The Kier molecular flexibility index (Phi) is 1.20. The average Bonchev–Trinajstić information content (AvgIpc) is 2.70. The lowest BCUT2D eigenvalue weighted by atomic mass is 10.4. The van der Waals surface area contributed by atoms with Gasteiger partial charge in [0.25, 0.3) is 0 Å². The summed E-state index contributed by atoms with van der Waals surface area (Å²) in [5.74, 6) is 1.38. The molecule has 1 radical (unpaired) electrons. The fourth-order valence-electron chi connectivity index (χ4n) is 0.822. The highest BCUT2D eigenvalue weighted by atomic mass is 16.5. The Morgan fingerprint density at radius 1 is 1.60 bits per heavy atom. The maximum Gasteiger partial charge on any atom is 0.229 e. The summed E-state index contributed by atoms with van der Waals surface area (Å²) in [6.45, 7) is -0.379. The molecule has 0 aromatic carbocycles. The third-order valence-corrected chi connectivity index (χ3v) is 1.54. The van der Waals surface area contributed by atoms with Crippen LogP contribution < -0.4 is 0 Å². The zero-order chi connectivity index (χ0) is 6.97. The van der Waals surface area contributed by atoms with E-state index in [1.165, 1.54) is 0 Å². The van der Waals surface area contributed by atoms with E-state index in [9.17, 15) is 5.11 Å². The summed E-state index contributed by atoms with van der Waals surface area (Å²) in [6.07, 6.45) is 2.25. The van der Waals surface area contributed by atoms with Gasteiger partial charge in [0.05, 0.1) is 0 Å². The Hall–Kier alpha value is -0.900. The van der Waals surface area contributed by atoms with Crippen molar-refractivity contribution in [2.24, 2.45) is 0 Å². The van der Waals surface area contributed by atoms with Gasteiger partial charge < -0.3 is 4.52 Å². The van der Waals surface area contributed by atoms with Gasteiger partial charge in [-0.3, -0.25) is 0 Å². The van der Waals surface area contributed by atoms with Crippen LogP contribution in [0.1, 0.15) is 30.5 Å². The van der Waals surface area contributed by atoms with Crippen LogP contribution in [0.5, 0.6) is 0 Å². The highest BCUT2D eigenvalue weighted by molar-refractivity contribution is 5.01. The number of hydrogen-bond acceptors (Lipinski definition) is 3. The van der Waals surface area contributed by atoms with Crippen molar-refractivity contribution in [3.05, 3.63) is 11.7 Å². The summed E-state index contributed by atoms with van der Waals surface area (Å²) < 4.78 is 4.82. The molecular weight excluding hydrogens is 132 g/mol. The van der Waals surface area contributed by atoms with Gasteiger partial charge in [-0.15, -0.1) is 0 Å². The maximum atomic E-state index is 10.2. The molecule has 4 nitrogen and oxygen atoms in total. The van der Waals surface area contributed by atoms with Crippen LogP contribution in [0.4, 0.5) is 0 Å². The van der Waals surface area contributed by atoms with Gasteiger partial charge in [0, 0.05) is 5.92 Å². The van der Waals surface area contributed by atoms with Crippen molar-refractivity contribution in [2.75, 3.05) is 0 Å². The van der Waals surface area contributed by atoms with Gasteiger partial charge in [0.2, 0.25) is 11.7 Å². The van der Waals surface area contributed by atoms with E-state index in [1.54, 1.807) is 0 Å². The molecule has 2 rings (SSSR count). The Balaban J connectivity index is 2.19. The van der Waals surface area contributed by atoms with Crippen molar-refractivity contribution < 1.29 is 9.63 Å². The molecule has 1 aromatic rings. The molecule has 0 atom stereocenters. The zero-order valence-corrected chi connectivity index (χ0v) is 5.41. The summed E-state index contributed by atoms with van der Waals surface area (Å²) in [7, 11) is 0. The van der Waals surface area contributed by atoms with E-state index in [0.29, 0.717) is 11.8 Å². The monoisotopic (exact) mass is 139 g/mol. The van der Waals surface area contributed by atoms with Crippen molar-refractivity contribution >= 4 is 0 Å². The molecule has 1 heterocycles. The highest BCUT2D eigenvalue weighted by Gasteiger charge is 2.29. The third kappa shape index (κ3) is 0.903. The Morgan fingerprint density at radius 3 is 2.90 bits per heavy atom. The fourth-order valence-corrected chi connectivity index (χ4v) is 0.822. The van der Waals surface area contributed by atoms with Gasteiger partial charge in [-0.25, -0.2) is 5.11 Å². The van der Waals surface area contributed by atoms with Crippen molar-refractivity contribution in [1.29, 1.82) is 0 Å². The molecule has 1 aromatic heterocycles. The maximum absolute atomic E-state index is 10.2. The molecule has 10 heavy (non-hydrogen) atoms. The number of hydrogen-bond donors (Lipinski definition) is 0. The van der Waals surface area contributed by atoms with E-state index in [0.717, 1.165) is 12.8 Å². The van der Waals surface area contributed by atoms with Gasteiger partial charge in [0.1, 0.15) is 6.61 Å². The minimum Gasteiger partial charge on any atom is -0.339 e. The Morgan fingerprint density at radius 2 is 2.40 bits per heavy atom. The highest BCUT2D eigenvalue weighted by Crippen LogP contribution is 2.38. The lowest BCUT2D eigenvalue weighted by Gasteiger charge is -1.78. The van der Waals surface area contributed by atoms with Crippen LogP contribution >= 0.6 is 0 Å². The SMILES string of the molecule is [O]Cc1noc(C2CC2)n1. The molecule has 0 N–H and O–H groups in total. The van der Waals surface area contributed by atoms with Gasteiger partial charge in [-0.2, -0.15) is 4.98 Å². The molecule has 4 heteroatoms. The van der Waals surface area contributed by atoms with Crippen LogP contribution in [-0.2, 0) is 11.7 Å². The summed E-state index contributed by atoms with van der Waals surface area (Å²) in [5.41, 5.74) is 0. The second kappa shape index (κ2) is 2.05. The molecule has 0 aliphatic heterocycles. The topological polar surface area (TPSA) is 58.8 Å². The molecule has 0 amide bonds. The van der Waals surface area contributed by atoms with E-state index in [1.807, 2.05) is 0 Å². The lowest BCUT2D eigenvalue weighted by Crippen LogP contribution is -1.84. The summed E-state index contributed by atoms with van der Waals surface area (Å²) >= 11 is 0. The summed E-state index contributed by atoms with van der Waals surface area (Å²) in [5, 5.41) is 13.7. The van der Waals surface area contributed by atoms with Crippen LogP contribution in [-0.4, -0.2) is 10.1 Å². The molecule has 1 saturated carbocycles. The van der Waals surface area contributed by atoms with E-state index in [2.05, 4.69) is 10.1 Å². The minimum absolute atomic E-state index is 0.280. The molecule has 0 unspecified atom stereocenters. The predicted molar refractivity (Wildman–Crippen MR) is 30.7 cm³/mol. The zero-order valence-electron chi connectivity index (χ0n) is 5.41. The van der Waals surface area contributed by atoms with Crippen LogP contribution in [0.3, 0.4) is 0 Å². The molecule has 0 spiro atoms. The number of nitrogens with zero attached hydrogens (tertiary/aromatic N) is 2. The fraction of sp³-hybridized carbons (Fsp3) is 0.667. The van der Waals surface area contributed by atoms with Crippen LogP contribution in [0, 0.1) is 0 Å². The van der Waals surface area contributed by atoms with E-state index >= 15 is 0 Å². The quantitative estimate of drug-likeness (QED) is 0.611. The largest absolute Gasteiger partial charge is 0.339 e. The molecule has 1 fully saturated rings. The predicted octanol–water partition coefficient (Wildman–Crippen LogP) is 0.877. The molecule has 1 aliphatic rings. The van der Waals surface area contributed by atoms with Crippen molar-refractivity contribution in [3.63, 3.8) is 0 Å². The van der Waals surface area contributed by atoms with Crippen molar-refractivity contribution in [3.8, 4) is 0 Å². The van der Waals surface area contributed by atoms with Crippen LogP contribution in [0.15, 0.2) is 4.52 Å². The first-order valence-corrected chi connectivity index (χ1v) is 3.30. The molecule has 0 bridgehead atoms. The summed E-state index contributed by atoms with van der Waals surface area (Å²) in [4.78, 5) is 3.90. The van der Waals surface area contributed by atoms with Gasteiger partial charge in [0.15, 0.2) is 0 Å². The standard InChI is InChI=1S/C6H7N2O2/c9-3-5-7-6(10-8-5)4-1-2-4/h4H,1-3H2. The second-order valence-electron chi connectivity index (χ2n) is 2.47.